The summed E-state index contributed by atoms with van der Waals surface area (Å²) in [4.78, 5) is 15.1. The van der Waals surface area contributed by atoms with Gasteiger partial charge >= 0.3 is 6.18 Å². The van der Waals surface area contributed by atoms with Crippen LogP contribution >= 0.6 is 0 Å². The van der Waals surface area contributed by atoms with E-state index in [0.29, 0.717) is 11.1 Å². The van der Waals surface area contributed by atoms with Crippen LogP contribution in [0.5, 0.6) is 0 Å². The third-order valence-electron chi connectivity index (χ3n) is 4.83. The molecule has 5 rings (SSSR count). The van der Waals surface area contributed by atoms with E-state index in [-0.39, 0.29) is 18.2 Å². The Bertz CT molecular complexity index is 1070. The Morgan fingerprint density at radius 1 is 1.19 bits per heavy atom. The Morgan fingerprint density at radius 3 is 2.73 bits per heavy atom. The van der Waals surface area contributed by atoms with Gasteiger partial charge in [0.05, 0.1) is 17.6 Å². The van der Waals surface area contributed by atoms with Crippen LogP contribution in [0.4, 0.5) is 18.9 Å². The average Bonchev–Trinajstić information content (AvgIpc) is 3.25. The summed E-state index contributed by atoms with van der Waals surface area (Å²) < 4.78 is 40.7. The highest BCUT2D eigenvalue weighted by Crippen LogP contribution is 2.46. The zero-order valence-corrected chi connectivity index (χ0v) is 13.5. The van der Waals surface area contributed by atoms with Crippen LogP contribution in [-0.4, -0.2) is 20.5 Å². The van der Waals surface area contributed by atoms with Gasteiger partial charge in [0.15, 0.2) is 0 Å². The average molecular weight is 358 g/mol. The first kappa shape index (κ1) is 15.4. The van der Waals surface area contributed by atoms with E-state index in [1.165, 1.54) is 4.52 Å². The standard InChI is InChI=1S/C18H13F3N4O/c19-18(20,21)14-7-13-16(17(9-1-2-9)24-25(13)8-22-14)10-3-4-12-11(5-10)6-15(26)23-12/h3-5,7-9H,1-2,6H2,(H,23,26). The van der Waals surface area contributed by atoms with Crippen molar-refractivity contribution in [3.05, 3.63) is 47.5 Å². The van der Waals surface area contributed by atoms with Gasteiger partial charge in [-0.3, -0.25) is 4.79 Å². The number of carbonyl (C=O) groups is 1. The number of hydrogen-bond acceptors (Lipinski definition) is 3. The molecule has 1 aromatic carbocycles. The van der Waals surface area contributed by atoms with E-state index >= 15 is 0 Å². The van der Waals surface area contributed by atoms with Crippen molar-refractivity contribution in [2.75, 3.05) is 5.32 Å². The first-order chi connectivity index (χ1) is 12.4. The molecule has 132 valence electrons. The van der Waals surface area contributed by atoms with Gasteiger partial charge in [-0.05, 0) is 42.2 Å². The number of amides is 1. The molecular formula is C18H13F3N4O. The van der Waals surface area contributed by atoms with E-state index in [2.05, 4.69) is 15.4 Å². The number of rotatable bonds is 2. The van der Waals surface area contributed by atoms with Crippen molar-refractivity contribution in [1.82, 2.24) is 14.6 Å². The van der Waals surface area contributed by atoms with Crippen molar-refractivity contribution in [3.63, 3.8) is 0 Å². The predicted octanol–water partition coefficient (Wildman–Crippen LogP) is 3.79. The highest BCUT2D eigenvalue weighted by atomic mass is 19.4. The lowest BCUT2D eigenvalue weighted by Crippen LogP contribution is -2.08. The molecule has 0 radical (unpaired) electrons. The van der Waals surface area contributed by atoms with Crippen molar-refractivity contribution in [1.29, 1.82) is 0 Å². The summed E-state index contributed by atoms with van der Waals surface area (Å²) in [6.45, 7) is 0. The number of nitrogens with zero attached hydrogens (tertiary/aromatic N) is 3. The zero-order valence-electron chi connectivity index (χ0n) is 13.5. The zero-order chi connectivity index (χ0) is 18.1. The molecule has 3 aromatic rings. The number of carbonyl (C=O) groups excluding carboxylic acids is 1. The van der Waals surface area contributed by atoms with E-state index < -0.39 is 11.9 Å². The maximum atomic E-state index is 13.1. The van der Waals surface area contributed by atoms with Gasteiger partial charge in [0, 0.05) is 17.2 Å². The molecule has 1 amide bonds. The number of halogens is 3. The van der Waals surface area contributed by atoms with Crippen molar-refractivity contribution in [3.8, 4) is 11.1 Å². The number of fused-ring (bicyclic) bond motifs is 2. The number of anilines is 1. The quantitative estimate of drug-likeness (QED) is 0.758. The Balaban J connectivity index is 1.74. The van der Waals surface area contributed by atoms with Gasteiger partial charge in [-0.15, -0.1) is 0 Å². The third-order valence-corrected chi connectivity index (χ3v) is 4.83. The number of hydrogen-bond donors (Lipinski definition) is 1. The van der Waals surface area contributed by atoms with Crippen LogP contribution in [0, 0.1) is 0 Å². The van der Waals surface area contributed by atoms with Crippen molar-refractivity contribution in [2.24, 2.45) is 0 Å². The Hall–Kier alpha value is -2.90. The number of benzene rings is 1. The first-order valence-electron chi connectivity index (χ1n) is 8.29. The van der Waals surface area contributed by atoms with E-state index in [9.17, 15) is 18.0 Å². The van der Waals surface area contributed by atoms with Crippen LogP contribution in [0.2, 0.25) is 0 Å². The lowest BCUT2D eigenvalue weighted by atomic mass is 9.98. The SMILES string of the molecule is O=C1Cc2cc(-c3c(C4CC4)nn4cnc(C(F)(F)F)cc34)ccc2N1. The topological polar surface area (TPSA) is 59.3 Å². The molecular weight excluding hydrogens is 345 g/mol. The van der Waals surface area contributed by atoms with Gasteiger partial charge in [0.2, 0.25) is 5.91 Å². The summed E-state index contributed by atoms with van der Waals surface area (Å²) in [6, 6.07) is 6.53. The van der Waals surface area contributed by atoms with Gasteiger partial charge in [-0.2, -0.15) is 18.3 Å². The number of alkyl halides is 3. The summed E-state index contributed by atoms with van der Waals surface area (Å²) >= 11 is 0. The van der Waals surface area contributed by atoms with Gasteiger partial charge in [-0.25, -0.2) is 9.50 Å². The summed E-state index contributed by atoms with van der Waals surface area (Å²) in [5.41, 5.74) is 3.31. The molecule has 2 aliphatic rings. The van der Waals surface area contributed by atoms with E-state index in [1.54, 1.807) is 6.07 Å². The maximum absolute atomic E-state index is 13.1. The van der Waals surface area contributed by atoms with Crippen LogP contribution in [-0.2, 0) is 17.4 Å². The van der Waals surface area contributed by atoms with Crippen LogP contribution < -0.4 is 5.32 Å². The molecule has 0 unspecified atom stereocenters. The van der Waals surface area contributed by atoms with Crippen LogP contribution in [0.1, 0.15) is 35.7 Å². The molecule has 1 aliphatic carbocycles. The molecule has 1 fully saturated rings. The predicted molar refractivity (Wildman–Crippen MR) is 87.7 cm³/mol. The van der Waals surface area contributed by atoms with Crippen molar-refractivity contribution >= 4 is 17.1 Å². The molecule has 1 saturated carbocycles. The Kier molecular flexibility index (Phi) is 2.99. The minimum Gasteiger partial charge on any atom is -0.326 e. The second-order valence-electron chi connectivity index (χ2n) is 6.73. The summed E-state index contributed by atoms with van der Waals surface area (Å²) in [5, 5.41) is 7.25. The molecule has 5 nitrogen and oxygen atoms in total. The molecule has 2 aromatic heterocycles. The van der Waals surface area contributed by atoms with Crippen molar-refractivity contribution in [2.45, 2.75) is 31.4 Å². The number of aromatic nitrogens is 3. The molecule has 3 heterocycles. The summed E-state index contributed by atoms with van der Waals surface area (Å²) in [7, 11) is 0. The minimum atomic E-state index is -4.52. The fraction of sp³-hybridized carbons (Fsp3) is 0.278. The monoisotopic (exact) mass is 358 g/mol. The fourth-order valence-electron chi connectivity index (χ4n) is 3.45. The van der Waals surface area contributed by atoms with Crippen LogP contribution in [0.25, 0.3) is 16.6 Å². The Morgan fingerprint density at radius 2 is 2.00 bits per heavy atom. The summed E-state index contributed by atoms with van der Waals surface area (Å²) in [6.07, 6.45) is -1.18. The van der Waals surface area contributed by atoms with E-state index in [4.69, 9.17) is 0 Å². The normalized spacial score (nSPS) is 16.8. The second kappa shape index (κ2) is 5.06. The van der Waals surface area contributed by atoms with E-state index in [0.717, 1.165) is 47.7 Å². The molecule has 0 atom stereocenters. The smallest absolute Gasteiger partial charge is 0.326 e. The summed E-state index contributed by atoms with van der Waals surface area (Å²) in [5.74, 6) is 0.176. The van der Waals surface area contributed by atoms with E-state index in [1.807, 2.05) is 12.1 Å². The minimum absolute atomic E-state index is 0.0806. The van der Waals surface area contributed by atoms with Crippen LogP contribution in [0.3, 0.4) is 0 Å². The molecule has 8 heteroatoms. The largest absolute Gasteiger partial charge is 0.433 e. The number of nitrogens with one attached hydrogen (secondary N) is 1. The molecule has 1 aliphatic heterocycles. The van der Waals surface area contributed by atoms with Gasteiger partial charge in [0.1, 0.15) is 12.0 Å². The second-order valence-corrected chi connectivity index (χ2v) is 6.73. The highest BCUT2D eigenvalue weighted by Gasteiger charge is 2.35. The Labute approximate surface area is 145 Å². The van der Waals surface area contributed by atoms with Gasteiger partial charge in [-0.1, -0.05) is 6.07 Å². The fourth-order valence-corrected chi connectivity index (χ4v) is 3.45. The third kappa shape index (κ3) is 2.36. The maximum Gasteiger partial charge on any atom is 0.433 e. The highest BCUT2D eigenvalue weighted by molar-refractivity contribution is 6.00. The lowest BCUT2D eigenvalue weighted by Gasteiger charge is -2.08. The van der Waals surface area contributed by atoms with Gasteiger partial charge < -0.3 is 5.32 Å². The van der Waals surface area contributed by atoms with Crippen molar-refractivity contribution < 1.29 is 18.0 Å². The molecule has 0 spiro atoms. The first-order valence-corrected chi connectivity index (χ1v) is 8.29. The molecule has 1 N–H and O–H groups in total. The lowest BCUT2D eigenvalue weighted by molar-refractivity contribution is -0.141. The molecule has 26 heavy (non-hydrogen) atoms. The molecule has 0 saturated heterocycles. The van der Waals surface area contributed by atoms with Gasteiger partial charge in [0.25, 0.3) is 0 Å². The molecule has 0 bridgehead atoms. The van der Waals surface area contributed by atoms with Crippen LogP contribution in [0.15, 0.2) is 30.6 Å².